The molecule has 0 saturated heterocycles. The van der Waals surface area contributed by atoms with Crippen LogP contribution in [0.3, 0.4) is 0 Å². The van der Waals surface area contributed by atoms with Crippen molar-refractivity contribution in [3.05, 3.63) is 34.8 Å². The van der Waals surface area contributed by atoms with E-state index in [4.69, 9.17) is 0 Å². The standard InChI is InChI=1S/C11H16O2S/c1-3-10-7-5-4-6-8-11(9-10)14(2,12)13/h6-9H,3-5H2,1-2H3. The lowest BCUT2D eigenvalue weighted by Gasteiger charge is -2.05. The Morgan fingerprint density at radius 2 is 2.07 bits per heavy atom. The Morgan fingerprint density at radius 1 is 1.36 bits per heavy atom. The van der Waals surface area contributed by atoms with Gasteiger partial charge in [0, 0.05) is 6.26 Å². The summed E-state index contributed by atoms with van der Waals surface area (Å²) in [7, 11) is -3.07. The Balaban J connectivity index is 3.12. The van der Waals surface area contributed by atoms with Crippen molar-refractivity contribution in [2.75, 3.05) is 6.26 Å². The van der Waals surface area contributed by atoms with Gasteiger partial charge < -0.3 is 0 Å². The number of sulfone groups is 1. The van der Waals surface area contributed by atoms with Gasteiger partial charge in [-0.2, -0.15) is 0 Å². The monoisotopic (exact) mass is 212 g/mol. The molecule has 0 amide bonds. The molecule has 1 aliphatic rings. The molecule has 14 heavy (non-hydrogen) atoms. The number of rotatable bonds is 2. The van der Waals surface area contributed by atoms with Crippen LogP contribution in [0.5, 0.6) is 0 Å². The molecule has 0 radical (unpaired) electrons. The summed E-state index contributed by atoms with van der Waals surface area (Å²) in [4.78, 5) is 0.422. The van der Waals surface area contributed by atoms with E-state index in [0.717, 1.165) is 24.8 Å². The minimum atomic E-state index is -3.07. The van der Waals surface area contributed by atoms with Crippen LogP contribution in [0.25, 0.3) is 0 Å². The lowest BCUT2D eigenvalue weighted by molar-refractivity contribution is 0.608. The highest BCUT2D eigenvalue weighted by molar-refractivity contribution is 7.94. The van der Waals surface area contributed by atoms with Crippen molar-refractivity contribution >= 4 is 9.84 Å². The van der Waals surface area contributed by atoms with Crippen molar-refractivity contribution in [3.63, 3.8) is 0 Å². The topological polar surface area (TPSA) is 34.1 Å². The van der Waals surface area contributed by atoms with Gasteiger partial charge in [0.1, 0.15) is 0 Å². The summed E-state index contributed by atoms with van der Waals surface area (Å²) in [6.07, 6.45) is 11.5. The van der Waals surface area contributed by atoms with Crippen molar-refractivity contribution < 1.29 is 8.42 Å². The van der Waals surface area contributed by atoms with E-state index in [1.165, 1.54) is 6.26 Å². The molecular formula is C11H16O2S. The molecule has 3 heteroatoms. The summed E-state index contributed by atoms with van der Waals surface area (Å²) in [5, 5.41) is 0. The number of hydrogen-bond donors (Lipinski definition) is 0. The molecule has 1 aliphatic carbocycles. The largest absolute Gasteiger partial charge is 0.224 e. The summed E-state index contributed by atoms with van der Waals surface area (Å²) >= 11 is 0. The van der Waals surface area contributed by atoms with E-state index < -0.39 is 9.84 Å². The number of hydrogen-bond acceptors (Lipinski definition) is 2. The lowest BCUT2D eigenvalue weighted by Crippen LogP contribution is -2.00. The summed E-state index contributed by atoms with van der Waals surface area (Å²) < 4.78 is 22.7. The zero-order valence-electron chi connectivity index (χ0n) is 8.66. The van der Waals surface area contributed by atoms with Crippen molar-refractivity contribution in [1.82, 2.24) is 0 Å². The van der Waals surface area contributed by atoms with Crippen LogP contribution in [0, 0.1) is 0 Å². The van der Waals surface area contributed by atoms with Crippen molar-refractivity contribution in [2.45, 2.75) is 26.2 Å². The molecule has 1 rings (SSSR count). The molecule has 0 saturated carbocycles. The average molecular weight is 212 g/mol. The van der Waals surface area contributed by atoms with Crippen molar-refractivity contribution in [1.29, 1.82) is 0 Å². The smallest absolute Gasteiger partial charge is 0.175 e. The molecule has 0 unspecified atom stereocenters. The van der Waals surface area contributed by atoms with Crippen LogP contribution in [0.4, 0.5) is 0 Å². The highest BCUT2D eigenvalue weighted by atomic mass is 32.2. The second kappa shape index (κ2) is 4.60. The van der Waals surface area contributed by atoms with Crippen LogP contribution in [0.2, 0.25) is 0 Å². The third-order valence-electron chi connectivity index (χ3n) is 2.19. The maximum atomic E-state index is 11.4. The molecule has 0 atom stereocenters. The lowest BCUT2D eigenvalue weighted by atomic mass is 10.1. The summed E-state index contributed by atoms with van der Waals surface area (Å²) in [5.74, 6) is 0. The molecule has 0 N–H and O–H groups in total. The zero-order chi connectivity index (χ0) is 10.6. The van der Waals surface area contributed by atoms with Gasteiger partial charge in [0.15, 0.2) is 9.84 Å². The Labute approximate surface area is 85.9 Å². The first-order chi connectivity index (χ1) is 6.54. The van der Waals surface area contributed by atoms with Gasteiger partial charge >= 0.3 is 0 Å². The van der Waals surface area contributed by atoms with E-state index in [2.05, 4.69) is 6.08 Å². The van der Waals surface area contributed by atoms with Gasteiger partial charge in [-0.05, 0) is 31.4 Å². The number of allylic oxidation sites excluding steroid dienone is 5. The van der Waals surface area contributed by atoms with E-state index in [1.54, 1.807) is 12.2 Å². The Kier molecular flexibility index (Phi) is 3.69. The van der Waals surface area contributed by atoms with E-state index in [-0.39, 0.29) is 0 Å². The highest BCUT2D eigenvalue weighted by Gasteiger charge is 2.08. The molecule has 0 aromatic carbocycles. The van der Waals surface area contributed by atoms with Crippen LogP contribution in [0.1, 0.15) is 26.2 Å². The summed E-state index contributed by atoms with van der Waals surface area (Å²) in [5.41, 5.74) is 1.11. The first kappa shape index (κ1) is 11.2. The summed E-state index contributed by atoms with van der Waals surface area (Å²) in [6, 6.07) is 0. The third kappa shape index (κ3) is 3.14. The van der Waals surface area contributed by atoms with Gasteiger partial charge in [-0.25, -0.2) is 8.42 Å². The van der Waals surface area contributed by atoms with E-state index in [9.17, 15) is 8.42 Å². The second-order valence-electron chi connectivity index (χ2n) is 3.43. The zero-order valence-corrected chi connectivity index (χ0v) is 9.47. The predicted octanol–water partition coefficient (Wildman–Crippen LogP) is 2.60. The second-order valence-corrected chi connectivity index (χ2v) is 5.45. The quantitative estimate of drug-likeness (QED) is 0.705. The SMILES string of the molecule is CCC1=CCCC=CC(S(C)(=O)=O)=C1. The first-order valence-corrected chi connectivity index (χ1v) is 6.70. The molecule has 0 fully saturated rings. The van der Waals surface area contributed by atoms with E-state index in [1.807, 2.05) is 13.0 Å². The Morgan fingerprint density at radius 3 is 2.64 bits per heavy atom. The van der Waals surface area contributed by atoms with Crippen LogP contribution < -0.4 is 0 Å². The fourth-order valence-corrected chi connectivity index (χ4v) is 2.04. The maximum absolute atomic E-state index is 11.4. The molecule has 0 spiro atoms. The van der Waals surface area contributed by atoms with Gasteiger partial charge in [0.2, 0.25) is 0 Å². The highest BCUT2D eigenvalue weighted by Crippen LogP contribution is 2.17. The van der Waals surface area contributed by atoms with Gasteiger partial charge in [0.25, 0.3) is 0 Å². The molecule has 0 aliphatic heterocycles. The average Bonchev–Trinajstić information content (AvgIpc) is 2.01. The molecule has 0 aromatic rings. The van der Waals surface area contributed by atoms with Gasteiger partial charge in [-0.1, -0.05) is 24.6 Å². The fourth-order valence-electron chi connectivity index (χ4n) is 1.33. The van der Waals surface area contributed by atoms with Gasteiger partial charge in [0.05, 0.1) is 4.91 Å². The fraction of sp³-hybridized carbons (Fsp3) is 0.455. The summed E-state index contributed by atoms with van der Waals surface area (Å²) in [6.45, 7) is 2.04. The molecule has 0 heterocycles. The molecular weight excluding hydrogens is 196 g/mol. The minimum Gasteiger partial charge on any atom is -0.224 e. The molecule has 0 aromatic heterocycles. The molecule has 2 nitrogen and oxygen atoms in total. The molecule has 0 bridgehead atoms. The Bertz CT molecular complexity index is 384. The van der Waals surface area contributed by atoms with Gasteiger partial charge in [-0.3, -0.25) is 0 Å². The maximum Gasteiger partial charge on any atom is 0.175 e. The minimum absolute atomic E-state index is 0.422. The van der Waals surface area contributed by atoms with Crippen molar-refractivity contribution in [2.24, 2.45) is 0 Å². The van der Waals surface area contributed by atoms with Crippen molar-refractivity contribution in [3.8, 4) is 0 Å². The van der Waals surface area contributed by atoms with Crippen LogP contribution in [-0.4, -0.2) is 14.7 Å². The normalized spacial score (nSPS) is 18.1. The third-order valence-corrected chi connectivity index (χ3v) is 3.30. The van der Waals surface area contributed by atoms with Crippen LogP contribution in [-0.2, 0) is 9.84 Å². The van der Waals surface area contributed by atoms with Gasteiger partial charge in [-0.15, -0.1) is 0 Å². The van der Waals surface area contributed by atoms with E-state index in [0.29, 0.717) is 4.91 Å². The first-order valence-electron chi connectivity index (χ1n) is 4.81. The van der Waals surface area contributed by atoms with Crippen LogP contribution in [0.15, 0.2) is 34.8 Å². The Hall–Kier alpha value is -0.830. The van der Waals surface area contributed by atoms with Crippen LogP contribution >= 0.6 is 0 Å². The predicted molar refractivity (Wildman–Crippen MR) is 59.7 cm³/mol. The van der Waals surface area contributed by atoms with E-state index >= 15 is 0 Å². The molecule has 78 valence electrons.